The normalized spacial score (nSPS) is 37.7. The van der Waals surface area contributed by atoms with E-state index in [-0.39, 0.29) is 12.1 Å². The molecule has 0 spiro atoms. The molecule has 4 aliphatic rings. The third-order valence-corrected chi connectivity index (χ3v) is 6.40. The first-order chi connectivity index (χ1) is 10.7. The first-order valence-corrected chi connectivity index (χ1v) is 9.03. The van der Waals surface area contributed by atoms with Gasteiger partial charge in [-0.25, -0.2) is 4.79 Å². The molecule has 0 aromatic rings. The van der Waals surface area contributed by atoms with Crippen LogP contribution in [-0.4, -0.2) is 54.0 Å². The van der Waals surface area contributed by atoms with Crippen molar-refractivity contribution in [1.82, 2.24) is 15.1 Å². The second kappa shape index (κ2) is 5.74. The molecule has 3 amide bonds. The van der Waals surface area contributed by atoms with E-state index in [2.05, 4.69) is 5.32 Å². The molecule has 4 unspecified atom stereocenters. The van der Waals surface area contributed by atoms with Gasteiger partial charge in [0.05, 0.1) is 6.04 Å². The van der Waals surface area contributed by atoms with Crippen molar-refractivity contribution in [2.24, 2.45) is 17.8 Å². The Balaban J connectivity index is 1.33. The lowest BCUT2D eigenvalue weighted by molar-refractivity contribution is -0.134. The zero-order valence-electron chi connectivity index (χ0n) is 13.3. The van der Waals surface area contributed by atoms with Gasteiger partial charge in [-0.3, -0.25) is 4.79 Å². The van der Waals surface area contributed by atoms with E-state index in [0.717, 1.165) is 57.3 Å². The van der Waals surface area contributed by atoms with Gasteiger partial charge in [0.25, 0.3) is 0 Å². The maximum absolute atomic E-state index is 12.7. The van der Waals surface area contributed by atoms with Gasteiger partial charge in [-0.15, -0.1) is 0 Å². The zero-order valence-corrected chi connectivity index (χ0v) is 13.3. The molecular weight excluding hydrogens is 278 g/mol. The average molecular weight is 305 g/mol. The zero-order chi connectivity index (χ0) is 15.1. The van der Waals surface area contributed by atoms with Gasteiger partial charge in [-0.05, 0) is 49.9 Å². The topological polar surface area (TPSA) is 52.7 Å². The number of rotatable bonds is 3. The Kier molecular flexibility index (Phi) is 3.74. The molecule has 22 heavy (non-hydrogen) atoms. The number of fused-ring (bicyclic) bond motifs is 2. The van der Waals surface area contributed by atoms with Crippen molar-refractivity contribution in [3.8, 4) is 0 Å². The Labute approximate surface area is 132 Å². The molecule has 0 aromatic heterocycles. The van der Waals surface area contributed by atoms with Gasteiger partial charge in [-0.1, -0.05) is 6.42 Å². The summed E-state index contributed by atoms with van der Waals surface area (Å²) < 4.78 is 0. The van der Waals surface area contributed by atoms with E-state index in [1.807, 2.05) is 9.80 Å². The monoisotopic (exact) mass is 305 g/mol. The van der Waals surface area contributed by atoms with E-state index in [1.165, 1.54) is 25.7 Å². The van der Waals surface area contributed by atoms with Crippen LogP contribution in [0.3, 0.4) is 0 Å². The van der Waals surface area contributed by atoms with E-state index < -0.39 is 0 Å². The molecular formula is C17H27N3O2. The number of urea groups is 1. The maximum Gasteiger partial charge on any atom is 0.317 e. The predicted molar refractivity (Wildman–Crippen MR) is 83.3 cm³/mol. The molecule has 2 aliphatic heterocycles. The summed E-state index contributed by atoms with van der Waals surface area (Å²) in [7, 11) is 0. The summed E-state index contributed by atoms with van der Waals surface area (Å²) in [5.74, 6) is 2.70. The second-order valence-corrected chi connectivity index (χ2v) is 7.70. The first kappa shape index (κ1) is 14.3. The summed E-state index contributed by atoms with van der Waals surface area (Å²) in [6.45, 7) is 3.16. The Bertz CT molecular complexity index is 467. The van der Waals surface area contributed by atoms with Crippen molar-refractivity contribution in [2.45, 2.75) is 51.0 Å². The van der Waals surface area contributed by atoms with Crippen molar-refractivity contribution in [3.05, 3.63) is 0 Å². The third kappa shape index (κ3) is 2.59. The molecule has 122 valence electrons. The van der Waals surface area contributed by atoms with Crippen molar-refractivity contribution >= 4 is 11.9 Å². The van der Waals surface area contributed by atoms with E-state index in [9.17, 15) is 9.59 Å². The minimum atomic E-state index is 0.0485. The summed E-state index contributed by atoms with van der Waals surface area (Å²) in [5.41, 5.74) is 0. The molecule has 4 atom stereocenters. The van der Waals surface area contributed by atoms with Crippen molar-refractivity contribution < 1.29 is 9.59 Å². The second-order valence-electron chi connectivity index (χ2n) is 7.70. The van der Waals surface area contributed by atoms with Crippen molar-refractivity contribution in [2.75, 3.05) is 26.2 Å². The van der Waals surface area contributed by atoms with Crippen LogP contribution in [0.2, 0.25) is 0 Å². The largest absolute Gasteiger partial charge is 0.341 e. The Morgan fingerprint density at radius 3 is 2.77 bits per heavy atom. The Morgan fingerprint density at radius 2 is 2.09 bits per heavy atom. The number of carbonyl (C=O) groups excluding carboxylic acids is 2. The molecule has 5 heteroatoms. The first-order valence-electron chi connectivity index (χ1n) is 9.03. The summed E-state index contributed by atoms with van der Waals surface area (Å²) in [4.78, 5) is 28.5. The summed E-state index contributed by atoms with van der Waals surface area (Å²) >= 11 is 0. The van der Waals surface area contributed by atoms with E-state index in [4.69, 9.17) is 0 Å². The van der Waals surface area contributed by atoms with Crippen LogP contribution in [0.4, 0.5) is 4.79 Å². The molecule has 2 saturated heterocycles. The van der Waals surface area contributed by atoms with Crippen LogP contribution in [0.5, 0.6) is 0 Å². The van der Waals surface area contributed by atoms with Gasteiger partial charge in [0.1, 0.15) is 0 Å². The fraction of sp³-hybridized carbons (Fsp3) is 0.882. The van der Waals surface area contributed by atoms with Crippen LogP contribution in [0.15, 0.2) is 0 Å². The van der Waals surface area contributed by atoms with E-state index in [0.29, 0.717) is 11.8 Å². The third-order valence-electron chi connectivity index (χ3n) is 6.40. The standard InChI is InChI=1S/C17H27N3O2/c21-16(10-14-9-12-3-4-13(14)8-12)19-6-1-2-15(11-19)20-7-5-18-17(20)22/h12-15H,1-11H2,(H,18,22). The highest BCUT2D eigenvalue weighted by Crippen LogP contribution is 2.49. The molecule has 5 nitrogen and oxygen atoms in total. The number of nitrogens with zero attached hydrogens (tertiary/aromatic N) is 2. The van der Waals surface area contributed by atoms with Crippen LogP contribution in [-0.2, 0) is 4.79 Å². The number of nitrogens with one attached hydrogen (secondary N) is 1. The van der Waals surface area contributed by atoms with Gasteiger partial charge < -0.3 is 15.1 Å². The lowest BCUT2D eigenvalue weighted by Gasteiger charge is -2.37. The van der Waals surface area contributed by atoms with Gasteiger partial charge >= 0.3 is 6.03 Å². The summed E-state index contributed by atoms with van der Waals surface area (Å²) in [6, 6.07) is 0.271. The molecule has 2 saturated carbocycles. The maximum atomic E-state index is 12.7. The fourth-order valence-electron chi connectivity index (χ4n) is 5.25. The SMILES string of the molecule is O=C(CC1CC2CCC1C2)N1CCCC(N2CCNC2=O)C1. The minimum Gasteiger partial charge on any atom is -0.341 e. The number of hydrogen-bond donors (Lipinski definition) is 1. The average Bonchev–Trinajstić information content (AvgIpc) is 3.24. The molecule has 1 N–H and O–H groups in total. The summed E-state index contributed by atoms with van der Waals surface area (Å²) in [5, 5.41) is 2.87. The highest BCUT2D eigenvalue weighted by Gasteiger charge is 2.41. The van der Waals surface area contributed by atoms with Crippen molar-refractivity contribution in [3.63, 3.8) is 0 Å². The van der Waals surface area contributed by atoms with Gasteiger partial charge in [0.15, 0.2) is 0 Å². The van der Waals surface area contributed by atoms with Gasteiger partial charge in [0.2, 0.25) is 5.91 Å². The summed E-state index contributed by atoms with van der Waals surface area (Å²) in [6.07, 6.45) is 8.20. The number of carbonyl (C=O) groups is 2. The number of hydrogen-bond acceptors (Lipinski definition) is 2. The lowest BCUT2D eigenvalue weighted by Crippen LogP contribution is -2.51. The molecule has 4 fully saturated rings. The van der Waals surface area contributed by atoms with Crippen LogP contribution >= 0.6 is 0 Å². The molecule has 2 heterocycles. The van der Waals surface area contributed by atoms with Crippen LogP contribution in [0, 0.1) is 17.8 Å². The van der Waals surface area contributed by atoms with Crippen LogP contribution in [0.25, 0.3) is 0 Å². The highest BCUT2D eigenvalue weighted by atomic mass is 16.2. The van der Waals surface area contributed by atoms with Gasteiger partial charge in [-0.2, -0.15) is 0 Å². The van der Waals surface area contributed by atoms with Crippen LogP contribution < -0.4 is 5.32 Å². The number of amides is 3. The Hall–Kier alpha value is -1.26. The van der Waals surface area contributed by atoms with Gasteiger partial charge in [0, 0.05) is 32.6 Å². The highest BCUT2D eigenvalue weighted by molar-refractivity contribution is 5.78. The molecule has 2 bridgehead atoms. The number of piperidine rings is 1. The smallest absolute Gasteiger partial charge is 0.317 e. The molecule has 0 aromatic carbocycles. The molecule has 2 aliphatic carbocycles. The number of likely N-dealkylation sites (tertiary alicyclic amines) is 1. The predicted octanol–water partition coefficient (Wildman–Crippen LogP) is 1.83. The van der Waals surface area contributed by atoms with Crippen molar-refractivity contribution in [1.29, 1.82) is 0 Å². The molecule has 4 rings (SSSR count). The minimum absolute atomic E-state index is 0.0485. The molecule has 0 radical (unpaired) electrons. The Morgan fingerprint density at radius 1 is 1.18 bits per heavy atom. The van der Waals surface area contributed by atoms with E-state index in [1.54, 1.807) is 0 Å². The van der Waals surface area contributed by atoms with Crippen LogP contribution in [0.1, 0.15) is 44.9 Å². The lowest BCUT2D eigenvalue weighted by atomic mass is 9.86. The fourth-order valence-corrected chi connectivity index (χ4v) is 5.25. The van der Waals surface area contributed by atoms with E-state index >= 15 is 0 Å². The quantitative estimate of drug-likeness (QED) is 0.865.